The molecule has 0 bridgehead atoms. The Morgan fingerprint density at radius 3 is 2.75 bits per heavy atom. The fourth-order valence-electron chi connectivity index (χ4n) is 1.37. The van der Waals surface area contributed by atoms with Gasteiger partial charge >= 0.3 is 6.16 Å². The highest BCUT2D eigenvalue weighted by molar-refractivity contribution is 5.95. The molecule has 0 aliphatic heterocycles. The highest BCUT2D eigenvalue weighted by Crippen LogP contribution is 2.21. The fraction of sp³-hybridized carbons (Fsp3) is 0.167. The van der Waals surface area contributed by atoms with Gasteiger partial charge in [0.1, 0.15) is 6.61 Å². The Hall–Kier alpha value is -3.08. The van der Waals surface area contributed by atoms with Crippen LogP contribution in [0, 0.1) is 22.5 Å². The van der Waals surface area contributed by atoms with Crippen molar-refractivity contribution in [3.8, 4) is 12.3 Å². The molecule has 2 N–H and O–H groups in total. The van der Waals surface area contributed by atoms with Gasteiger partial charge in [-0.15, -0.1) is 6.42 Å². The van der Waals surface area contributed by atoms with Crippen LogP contribution in [0.2, 0.25) is 0 Å². The number of carbonyl (C=O) groups excluding carboxylic acids is 1. The highest BCUT2D eigenvalue weighted by Gasteiger charge is 2.18. The molecule has 0 spiro atoms. The zero-order valence-corrected chi connectivity index (χ0v) is 10.2. The van der Waals surface area contributed by atoms with Gasteiger partial charge in [0, 0.05) is 11.6 Å². The average Bonchev–Trinajstić information content (AvgIpc) is 2.42. The molecule has 0 atom stereocenters. The lowest BCUT2D eigenvalue weighted by Crippen LogP contribution is -2.23. The van der Waals surface area contributed by atoms with Gasteiger partial charge < -0.3 is 15.2 Å². The highest BCUT2D eigenvalue weighted by atomic mass is 16.7. The van der Waals surface area contributed by atoms with Crippen molar-refractivity contribution in [1.82, 2.24) is 5.32 Å². The number of amides is 1. The van der Waals surface area contributed by atoms with Gasteiger partial charge in [0.25, 0.3) is 11.6 Å². The predicted octanol–water partition coefficient (Wildman–Crippen LogP) is 1.15. The lowest BCUT2D eigenvalue weighted by Gasteiger charge is -2.05. The SMILES string of the molecule is C#CCNC(=O)c1ccc(COC(=O)O)c([N+](=O)[O-])c1. The van der Waals surface area contributed by atoms with Gasteiger partial charge in [-0.05, 0) is 12.1 Å². The van der Waals surface area contributed by atoms with E-state index in [-0.39, 0.29) is 17.7 Å². The summed E-state index contributed by atoms with van der Waals surface area (Å²) in [7, 11) is 0. The summed E-state index contributed by atoms with van der Waals surface area (Å²) < 4.78 is 4.27. The first-order valence-corrected chi connectivity index (χ1v) is 5.30. The maximum Gasteiger partial charge on any atom is 0.506 e. The smallest absolute Gasteiger partial charge is 0.450 e. The van der Waals surface area contributed by atoms with Crippen molar-refractivity contribution in [1.29, 1.82) is 0 Å². The van der Waals surface area contributed by atoms with Crippen molar-refractivity contribution in [3.63, 3.8) is 0 Å². The molecule has 1 rings (SSSR count). The second-order valence-corrected chi connectivity index (χ2v) is 3.54. The summed E-state index contributed by atoms with van der Waals surface area (Å²) in [6.45, 7) is -0.478. The van der Waals surface area contributed by atoms with E-state index in [1.807, 2.05) is 0 Å². The van der Waals surface area contributed by atoms with Gasteiger partial charge in [0.05, 0.1) is 17.0 Å². The molecule has 0 aromatic heterocycles. The van der Waals surface area contributed by atoms with E-state index in [2.05, 4.69) is 16.0 Å². The molecule has 0 saturated carbocycles. The molecule has 104 valence electrons. The Labute approximate surface area is 113 Å². The molecule has 0 saturated heterocycles. The molecule has 0 aliphatic carbocycles. The number of benzene rings is 1. The summed E-state index contributed by atoms with van der Waals surface area (Å²) in [6, 6.07) is 3.61. The van der Waals surface area contributed by atoms with E-state index in [0.29, 0.717) is 0 Å². The molecule has 8 nitrogen and oxygen atoms in total. The molecule has 0 fully saturated rings. The minimum Gasteiger partial charge on any atom is -0.450 e. The van der Waals surface area contributed by atoms with Crippen LogP contribution in [0.25, 0.3) is 0 Å². The maximum atomic E-state index is 11.6. The van der Waals surface area contributed by atoms with E-state index in [9.17, 15) is 19.7 Å². The lowest BCUT2D eigenvalue weighted by atomic mass is 10.1. The Morgan fingerprint density at radius 2 is 2.20 bits per heavy atom. The first-order chi connectivity index (χ1) is 9.45. The van der Waals surface area contributed by atoms with E-state index in [1.165, 1.54) is 12.1 Å². The quantitative estimate of drug-likeness (QED) is 0.361. The Bertz CT molecular complexity index is 590. The second kappa shape index (κ2) is 6.75. The standard InChI is InChI=1S/C12H10N2O6/c1-2-5-13-11(15)8-3-4-9(7-20-12(16)17)10(6-8)14(18)19/h1,3-4,6H,5,7H2,(H,13,15)(H,16,17). The van der Waals surface area contributed by atoms with Crippen LogP contribution in [-0.4, -0.2) is 28.6 Å². The summed E-state index contributed by atoms with van der Waals surface area (Å²) in [5.74, 6) is 1.64. The summed E-state index contributed by atoms with van der Waals surface area (Å²) in [5.41, 5.74) is -0.309. The lowest BCUT2D eigenvalue weighted by molar-refractivity contribution is -0.385. The van der Waals surface area contributed by atoms with Crippen molar-refractivity contribution < 1.29 is 24.4 Å². The normalized spacial score (nSPS) is 9.35. The number of nitrogens with one attached hydrogen (secondary N) is 1. The van der Waals surface area contributed by atoms with Gasteiger partial charge in [-0.2, -0.15) is 0 Å². The fourth-order valence-corrected chi connectivity index (χ4v) is 1.37. The summed E-state index contributed by atoms with van der Waals surface area (Å²) in [6.07, 6.45) is 3.43. The molecule has 8 heteroatoms. The van der Waals surface area contributed by atoms with E-state index < -0.39 is 29.3 Å². The minimum atomic E-state index is -1.55. The first-order valence-electron chi connectivity index (χ1n) is 5.30. The van der Waals surface area contributed by atoms with Crippen molar-refractivity contribution in [2.24, 2.45) is 0 Å². The van der Waals surface area contributed by atoms with Gasteiger partial charge in [-0.1, -0.05) is 5.92 Å². The number of carboxylic acid groups (broad SMARTS) is 1. The van der Waals surface area contributed by atoms with Gasteiger partial charge in [-0.25, -0.2) is 4.79 Å². The topological polar surface area (TPSA) is 119 Å². The van der Waals surface area contributed by atoms with E-state index in [4.69, 9.17) is 11.5 Å². The van der Waals surface area contributed by atoms with Crippen LogP contribution in [0.15, 0.2) is 18.2 Å². The van der Waals surface area contributed by atoms with Crippen LogP contribution in [0.1, 0.15) is 15.9 Å². The molecule has 1 aromatic rings. The monoisotopic (exact) mass is 278 g/mol. The van der Waals surface area contributed by atoms with Crippen molar-refractivity contribution in [3.05, 3.63) is 39.4 Å². The number of terminal acetylenes is 1. The molecular weight excluding hydrogens is 268 g/mol. The first kappa shape index (κ1) is 15.0. The van der Waals surface area contributed by atoms with E-state index >= 15 is 0 Å². The molecule has 1 amide bonds. The van der Waals surface area contributed by atoms with Gasteiger partial charge in [0.15, 0.2) is 0 Å². The molecule has 0 unspecified atom stereocenters. The number of ether oxygens (including phenoxy) is 1. The number of hydrogen-bond donors (Lipinski definition) is 2. The Balaban J connectivity index is 3.01. The minimum absolute atomic E-state index is 0.00346. The second-order valence-electron chi connectivity index (χ2n) is 3.54. The summed E-state index contributed by atoms with van der Waals surface area (Å²) in [4.78, 5) is 32.0. The van der Waals surface area contributed by atoms with Crippen LogP contribution in [0.5, 0.6) is 0 Å². The average molecular weight is 278 g/mol. The van der Waals surface area contributed by atoms with Crippen molar-refractivity contribution in [2.75, 3.05) is 6.54 Å². The van der Waals surface area contributed by atoms with E-state index in [1.54, 1.807) is 0 Å². The van der Waals surface area contributed by atoms with Crippen LogP contribution < -0.4 is 5.32 Å². The van der Waals surface area contributed by atoms with Crippen molar-refractivity contribution in [2.45, 2.75) is 6.61 Å². The number of nitrogens with zero attached hydrogens (tertiary/aromatic N) is 1. The molecular formula is C12H10N2O6. The van der Waals surface area contributed by atoms with Gasteiger partial charge in [-0.3, -0.25) is 14.9 Å². The van der Waals surface area contributed by atoms with Crippen LogP contribution in [0.3, 0.4) is 0 Å². The van der Waals surface area contributed by atoms with E-state index in [0.717, 1.165) is 6.07 Å². The third-order valence-corrected chi connectivity index (χ3v) is 2.25. The zero-order chi connectivity index (χ0) is 15.1. The Kier molecular flexibility index (Phi) is 5.05. The Morgan fingerprint density at radius 1 is 1.50 bits per heavy atom. The third kappa shape index (κ3) is 3.99. The third-order valence-electron chi connectivity index (χ3n) is 2.25. The van der Waals surface area contributed by atoms with Crippen molar-refractivity contribution >= 4 is 17.7 Å². The molecule has 0 radical (unpaired) electrons. The van der Waals surface area contributed by atoms with Crippen LogP contribution in [0.4, 0.5) is 10.5 Å². The van der Waals surface area contributed by atoms with Crippen LogP contribution in [-0.2, 0) is 11.3 Å². The molecule has 0 heterocycles. The molecule has 1 aromatic carbocycles. The molecule has 20 heavy (non-hydrogen) atoms. The summed E-state index contributed by atoms with van der Waals surface area (Å²) in [5, 5.41) is 21.6. The number of nitro benzene ring substituents is 1. The number of hydrogen-bond acceptors (Lipinski definition) is 5. The number of rotatable bonds is 5. The predicted molar refractivity (Wildman–Crippen MR) is 67.1 cm³/mol. The summed E-state index contributed by atoms with van der Waals surface area (Å²) >= 11 is 0. The number of nitro groups is 1. The largest absolute Gasteiger partial charge is 0.506 e. The maximum absolute atomic E-state index is 11.6. The number of carbonyl (C=O) groups is 2. The van der Waals surface area contributed by atoms with Gasteiger partial charge in [0.2, 0.25) is 0 Å². The van der Waals surface area contributed by atoms with Crippen LogP contribution >= 0.6 is 0 Å². The zero-order valence-electron chi connectivity index (χ0n) is 10.2. The molecule has 0 aliphatic rings.